The monoisotopic (exact) mass is 617 g/mol. The summed E-state index contributed by atoms with van der Waals surface area (Å²) in [5.74, 6) is -1.58. The van der Waals surface area contributed by atoms with Gasteiger partial charge in [-0.2, -0.15) is 13.2 Å². The number of H-pyrrole nitrogens is 1. The van der Waals surface area contributed by atoms with E-state index in [-0.39, 0.29) is 17.6 Å². The zero-order chi connectivity index (χ0) is 31.7. The Morgan fingerprint density at radius 2 is 1.80 bits per heavy atom. The average molecular weight is 618 g/mol. The Bertz CT molecular complexity index is 1730. The number of anilines is 1. The molecule has 1 fully saturated rings. The molecule has 0 bridgehead atoms. The van der Waals surface area contributed by atoms with Gasteiger partial charge in [0.25, 0.3) is 5.91 Å². The molecule has 0 radical (unpaired) electrons. The highest BCUT2D eigenvalue weighted by atomic mass is 19.4. The van der Waals surface area contributed by atoms with Gasteiger partial charge in [0.2, 0.25) is 0 Å². The molecule has 3 aromatic carbocycles. The van der Waals surface area contributed by atoms with E-state index < -0.39 is 18.2 Å². The first kappa shape index (κ1) is 30.1. The summed E-state index contributed by atoms with van der Waals surface area (Å²) >= 11 is 0. The van der Waals surface area contributed by atoms with Gasteiger partial charge >= 0.3 is 18.2 Å². The van der Waals surface area contributed by atoms with Gasteiger partial charge in [0.05, 0.1) is 17.9 Å². The molecule has 1 unspecified atom stereocenters. The van der Waals surface area contributed by atoms with E-state index in [1.54, 1.807) is 18.3 Å². The molecule has 4 N–H and O–H groups in total. The number of alkyl halides is 3. The molecule has 2 heterocycles. The van der Waals surface area contributed by atoms with Crippen LogP contribution >= 0.6 is 0 Å². The maximum absolute atomic E-state index is 14.1. The lowest BCUT2D eigenvalue weighted by atomic mass is 9.87. The molecule has 0 spiro atoms. The number of esters is 1. The number of nitrogens with zero attached hydrogens (tertiary/aromatic N) is 2. The van der Waals surface area contributed by atoms with Gasteiger partial charge in [-0.15, -0.1) is 0 Å². The minimum atomic E-state index is -5.28. The molecule has 45 heavy (non-hydrogen) atoms. The van der Waals surface area contributed by atoms with Crippen molar-refractivity contribution < 1.29 is 32.3 Å². The number of halogens is 3. The number of rotatable bonds is 8. The van der Waals surface area contributed by atoms with Gasteiger partial charge in [-0.25, -0.2) is 14.6 Å². The first-order valence-electron chi connectivity index (χ1n) is 14.6. The highest BCUT2D eigenvalue weighted by molar-refractivity contribution is 5.98. The van der Waals surface area contributed by atoms with Crippen LogP contribution < -0.4 is 11.1 Å². The summed E-state index contributed by atoms with van der Waals surface area (Å²) in [5.41, 5.74) is 12.7. The number of fused-ring (bicyclic) bond motifs is 1. The molecule has 1 aliphatic carbocycles. The lowest BCUT2D eigenvalue weighted by Crippen LogP contribution is -2.42. The molecule has 6 rings (SSSR count). The number of nitrogens with one attached hydrogen (secondary N) is 2. The maximum atomic E-state index is 14.1. The van der Waals surface area contributed by atoms with Gasteiger partial charge in [0.1, 0.15) is 5.82 Å². The summed E-state index contributed by atoms with van der Waals surface area (Å²) in [6.07, 6.45) is -1.69. The highest BCUT2D eigenvalue weighted by Gasteiger charge is 2.42. The Hall–Kier alpha value is -4.97. The summed E-state index contributed by atoms with van der Waals surface area (Å²) in [4.78, 5) is 46.5. The Morgan fingerprint density at radius 1 is 1.07 bits per heavy atom. The Balaban J connectivity index is 1.24. The number of amides is 2. The van der Waals surface area contributed by atoms with Crippen molar-refractivity contribution in [3.05, 3.63) is 107 Å². The van der Waals surface area contributed by atoms with Crippen LogP contribution in [0.25, 0.3) is 11.3 Å². The second-order valence-electron chi connectivity index (χ2n) is 11.2. The van der Waals surface area contributed by atoms with Crippen LogP contribution in [0.3, 0.4) is 0 Å². The maximum Gasteiger partial charge on any atom is 0.491 e. The van der Waals surface area contributed by atoms with E-state index in [2.05, 4.69) is 20.0 Å². The number of hydrogen-bond donors (Lipinski definition) is 3. The molecule has 4 aromatic rings. The van der Waals surface area contributed by atoms with Crippen LogP contribution in [0.15, 0.2) is 72.9 Å². The van der Waals surface area contributed by atoms with E-state index in [1.807, 2.05) is 47.4 Å². The fourth-order valence-corrected chi connectivity index (χ4v) is 5.89. The molecule has 12 heteroatoms. The van der Waals surface area contributed by atoms with E-state index in [0.717, 1.165) is 36.0 Å². The summed E-state index contributed by atoms with van der Waals surface area (Å²) in [5, 5.41) is 2.09. The first-order valence-corrected chi connectivity index (χ1v) is 14.6. The molecule has 232 valence electrons. The van der Waals surface area contributed by atoms with Gasteiger partial charge in [-0.3, -0.25) is 10.1 Å². The van der Waals surface area contributed by atoms with Gasteiger partial charge in [-0.05, 0) is 71.2 Å². The number of imidazole rings is 1. The molecule has 2 aliphatic rings. The Morgan fingerprint density at radius 3 is 2.47 bits per heavy atom. The number of carbonyl (C=O) groups is 3. The zero-order valence-electron chi connectivity index (χ0n) is 24.1. The molecule has 1 saturated carbocycles. The van der Waals surface area contributed by atoms with Crippen molar-refractivity contribution in [1.82, 2.24) is 14.9 Å². The summed E-state index contributed by atoms with van der Waals surface area (Å²) in [6.45, 7) is 0.974. The van der Waals surface area contributed by atoms with Crippen molar-refractivity contribution >= 4 is 23.7 Å². The molecule has 1 atom stereocenters. The zero-order valence-corrected chi connectivity index (χ0v) is 24.1. The lowest BCUT2D eigenvalue weighted by Gasteiger charge is -2.36. The van der Waals surface area contributed by atoms with Gasteiger partial charge in [0.15, 0.2) is 0 Å². The van der Waals surface area contributed by atoms with Gasteiger partial charge in [-0.1, -0.05) is 48.5 Å². The van der Waals surface area contributed by atoms with Crippen molar-refractivity contribution in [3.63, 3.8) is 0 Å². The number of hydrogen-bond acceptors (Lipinski definition) is 6. The lowest BCUT2D eigenvalue weighted by molar-refractivity contribution is -0.192. The predicted molar refractivity (Wildman–Crippen MR) is 159 cm³/mol. The molecular weight excluding hydrogens is 587 g/mol. The van der Waals surface area contributed by atoms with Gasteiger partial charge < -0.3 is 20.4 Å². The van der Waals surface area contributed by atoms with Crippen LogP contribution in [0.4, 0.5) is 23.7 Å². The first-order chi connectivity index (χ1) is 21.6. The topological polar surface area (TPSA) is 130 Å². The van der Waals surface area contributed by atoms with Crippen molar-refractivity contribution in [1.29, 1.82) is 0 Å². The summed E-state index contributed by atoms with van der Waals surface area (Å²) < 4.78 is 40.8. The third kappa shape index (κ3) is 6.46. The van der Waals surface area contributed by atoms with Gasteiger partial charge in [0, 0.05) is 30.8 Å². The van der Waals surface area contributed by atoms with Crippen molar-refractivity contribution in [2.45, 2.75) is 50.4 Å². The van der Waals surface area contributed by atoms with E-state index in [0.29, 0.717) is 48.1 Å². The smallest absolute Gasteiger partial charge is 0.369 e. The molecule has 1 aliphatic heterocycles. The normalized spacial score (nSPS) is 15.4. The number of ether oxygens (including phenoxy) is 1. The fourth-order valence-electron chi connectivity index (χ4n) is 5.89. The highest BCUT2D eigenvalue weighted by Crippen LogP contribution is 2.45. The third-order valence-corrected chi connectivity index (χ3v) is 8.17. The number of aromatic amines is 1. The molecule has 0 saturated heterocycles. The van der Waals surface area contributed by atoms with Crippen LogP contribution in [-0.4, -0.2) is 45.6 Å². The van der Waals surface area contributed by atoms with Crippen LogP contribution in [-0.2, 0) is 28.9 Å². The minimum absolute atomic E-state index is 0.0491. The molecule has 2 amide bonds. The number of nitrogens with two attached hydrogens (primary N) is 1. The molecule has 1 aromatic heterocycles. The molecular formula is C33H30F3N5O4. The van der Waals surface area contributed by atoms with E-state index in [4.69, 9.17) is 5.73 Å². The third-order valence-electron chi connectivity index (χ3n) is 8.17. The molecule has 9 nitrogen and oxygen atoms in total. The Kier molecular flexibility index (Phi) is 8.15. The second kappa shape index (κ2) is 12.2. The Labute approximate surface area is 256 Å². The number of aromatic nitrogens is 2. The number of benzene rings is 3. The SMILES string of the molecule is NCc1ccc2c(c1C1CC1)CCN(C(Cc1ccccc1)c1ncc(-c3ccc(NC(=O)OC(=O)C(F)(F)F)cc3)[nH]1)C2=O. The summed E-state index contributed by atoms with van der Waals surface area (Å²) in [6, 6.07) is 19.5. The van der Waals surface area contributed by atoms with Crippen LogP contribution in [0.5, 0.6) is 0 Å². The van der Waals surface area contributed by atoms with Crippen LogP contribution in [0.2, 0.25) is 0 Å². The minimum Gasteiger partial charge on any atom is -0.369 e. The largest absolute Gasteiger partial charge is 0.491 e. The standard InChI is InChI=1S/C33H30F3N5O4/c34-33(35,36)31(43)45-32(44)39-23-11-8-20(9-12-23)26-18-38-29(40-26)27(16-19-4-2-1-3-5-19)41-15-14-24-25(30(41)42)13-10-22(17-37)28(24)21-6-7-21/h1-5,8-13,18,21,27H,6-7,14-17,37H2,(H,38,40)(H,39,44). The fraction of sp³-hybridized carbons (Fsp3) is 0.273. The van der Waals surface area contributed by atoms with E-state index in [9.17, 15) is 27.6 Å². The van der Waals surface area contributed by atoms with E-state index >= 15 is 0 Å². The predicted octanol–water partition coefficient (Wildman–Crippen LogP) is 6.03. The van der Waals surface area contributed by atoms with E-state index in [1.165, 1.54) is 17.7 Å². The van der Waals surface area contributed by atoms with Crippen LogP contribution in [0, 0.1) is 0 Å². The summed E-state index contributed by atoms with van der Waals surface area (Å²) in [7, 11) is 0. The van der Waals surface area contributed by atoms with Crippen LogP contribution in [0.1, 0.15) is 63.2 Å². The van der Waals surface area contributed by atoms with Crippen molar-refractivity contribution in [3.8, 4) is 11.3 Å². The average Bonchev–Trinajstić information content (AvgIpc) is 3.75. The quantitative estimate of drug-likeness (QED) is 0.164. The second-order valence-corrected chi connectivity index (χ2v) is 11.2. The number of carbonyl (C=O) groups excluding carboxylic acids is 3. The van der Waals surface area contributed by atoms with Crippen molar-refractivity contribution in [2.75, 3.05) is 11.9 Å². The van der Waals surface area contributed by atoms with Crippen molar-refractivity contribution in [2.24, 2.45) is 5.73 Å².